The van der Waals surface area contributed by atoms with E-state index in [0.717, 1.165) is 39.0 Å². The zero-order valence-corrected chi connectivity index (χ0v) is 28.7. The van der Waals surface area contributed by atoms with Gasteiger partial charge in [-0.05, 0) is 83.9 Å². The predicted molar refractivity (Wildman–Crippen MR) is 221 cm³/mol. The Bertz CT molecular complexity index is 3360. The Kier molecular flexibility index (Phi) is 5.65. The Morgan fingerprint density at radius 1 is 0.385 bits per heavy atom. The van der Waals surface area contributed by atoms with Gasteiger partial charge in [0.1, 0.15) is 11.2 Å². The SMILES string of the molecule is c1ccc2c(c1)oc1cc(N(c3ccc(-c4ccc5c(c4)c4cccc6c7ccccc7n5c64)cc3)c3ccc4sc5ccccc5c4c3)ccc12. The minimum atomic E-state index is 0.883. The van der Waals surface area contributed by atoms with E-state index in [1.54, 1.807) is 0 Å². The summed E-state index contributed by atoms with van der Waals surface area (Å²) in [6, 6.07) is 61.8. The second kappa shape index (κ2) is 10.5. The van der Waals surface area contributed by atoms with Gasteiger partial charge in [0, 0.05) is 75.6 Å². The van der Waals surface area contributed by atoms with E-state index in [2.05, 4.69) is 167 Å². The highest BCUT2D eigenvalue weighted by atomic mass is 32.1. The van der Waals surface area contributed by atoms with Crippen molar-refractivity contribution in [2.24, 2.45) is 0 Å². The van der Waals surface area contributed by atoms with E-state index >= 15 is 0 Å². The average Bonchev–Trinajstić information content (AvgIpc) is 3.95. The van der Waals surface area contributed by atoms with Gasteiger partial charge in [-0.3, -0.25) is 0 Å². The van der Waals surface area contributed by atoms with Crippen LogP contribution in [0, 0.1) is 0 Å². The molecule has 0 spiro atoms. The number of furan rings is 1. The topological polar surface area (TPSA) is 20.8 Å². The van der Waals surface area contributed by atoms with Gasteiger partial charge in [-0.1, -0.05) is 91.0 Å². The molecule has 0 unspecified atom stereocenters. The molecule has 0 aliphatic heterocycles. The molecule has 0 fully saturated rings. The summed E-state index contributed by atoms with van der Waals surface area (Å²) in [5.74, 6) is 0. The molecule has 0 atom stereocenters. The summed E-state index contributed by atoms with van der Waals surface area (Å²) in [6.07, 6.45) is 0. The van der Waals surface area contributed by atoms with Gasteiger partial charge < -0.3 is 13.7 Å². The molecular formula is C48H28N2OS. The van der Waals surface area contributed by atoms with Gasteiger partial charge in [0.25, 0.3) is 0 Å². The third kappa shape index (κ3) is 3.90. The van der Waals surface area contributed by atoms with Crippen LogP contribution in [0.25, 0.3) is 91.3 Å². The lowest BCUT2D eigenvalue weighted by Gasteiger charge is -2.26. The van der Waals surface area contributed by atoms with Crippen molar-refractivity contribution in [2.45, 2.75) is 0 Å². The summed E-state index contributed by atoms with van der Waals surface area (Å²) in [6.45, 7) is 0. The molecule has 0 radical (unpaired) electrons. The molecule has 0 N–H and O–H groups in total. The van der Waals surface area contributed by atoms with Crippen LogP contribution in [0.5, 0.6) is 0 Å². The van der Waals surface area contributed by atoms with Gasteiger partial charge >= 0.3 is 0 Å². The molecule has 52 heavy (non-hydrogen) atoms. The fourth-order valence-electron chi connectivity index (χ4n) is 8.57. The summed E-state index contributed by atoms with van der Waals surface area (Å²) in [7, 11) is 0. The first-order chi connectivity index (χ1) is 25.8. The lowest BCUT2D eigenvalue weighted by atomic mass is 10.0. The summed E-state index contributed by atoms with van der Waals surface area (Å²) < 4.78 is 11.4. The fraction of sp³-hybridized carbons (Fsp3) is 0. The van der Waals surface area contributed by atoms with Crippen molar-refractivity contribution in [3.8, 4) is 11.1 Å². The Morgan fingerprint density at radius 2 is 1.02 bits per heavy atom. The number of thiophene rings is 1. The molecule has 12 aromatic rings. The molecular weight excluding hydrogens is 653 g/mol. The average molecular weight is 681 g/mol. The van der Waals surface area contributed by atoms with Crippen LogP contribution in [0.15, 0.2) is 174 Å². The van der Waals surface area contributed by atoms with Crippen LogP contribution in [0.1, 0.15) is 0 Å². The van der Waals surface area contributed by atoms with Gasteiger partial charge in [0.15, 0.2) is 0 Å². The predicted octanol–water partition coefficient (Wildman–Crippen LogP) is 14.2. The molecule has 4 heteroatoms. The van der Waals surface area contributed by atoms with E-state index in [9.17, 15) is 0 Å². The third-order valence-electron chi connectivity index (χ3n) is 10.9. The molecule has 3 nitrogen and oxygen atoms in total. The maximum absolute atomic E-state index is 6.38. The molecule has 4 aromatic heterocycles. The van der Waals surface area contributed by atoms with Crippen LogP contribution in [-0.4, -0.2) is 4.40 Å². The quantitative estimate of drug-likeness (QED) is 0.184. The van der Waals surface area contributed by atoms with Gasteiger partial charge in [0.2, 0.25) is 0 Å². The molecule has 8 aromatic carbocycles. The van der Waals surface area contributed by atoms with Crippen molar-refractivity contribution >= 4 is 109 Å². The van der Waals surface area contributed by atoms with Crippen LogP contribution in [-0.2, 0) is 0 Å². The van der Waals surface area contributed by atoms with Gasteiger partial charge in [-0.15, -0.1) is 11.3 Å². The minimum Gasteiger partial charge on any atom is -0.456 e. The summed E-state index contributed by atoms with van der Waals surface area (Å²) >= 11 is 1.85. The highest BCUT2D eigenvalue weighted by Crippen LogP contribution is 2.44. The van der Waals surface area contributed by atoms with E-state index in [0.29, 0.717) is 0 Å². The van der Waals surface area contributed by atoms with E-state index in [-0.39, 0.29) is 0 Å². The van der Waals surface area contributed by atoms with Crippen LogP contribution >= 0.6 is 11.3 Å². The number of benzene rings is 8. The van der Waals surface area contributed by atoms with Crippen molar-refractivity contribution in [3.05, 3.63) is 170 Å². The van der Waals surface area contributed by atoms with Crippen molar-refractivity contribution in [1.29, 1.82) is 0 Å². The van der Waals surface area contributed by atoms with Gasteiger partial charge in [-0.25, -0.2) is 0 Å². The first kappa shape index (κ1) is 28.1. The number of para-hydroxylation sites is 3. The fourth-order valence-corrected chi connectivity index (χ4v) is 9.66. The first-order valence-corrected chi connectivity index (χ1v) is 18.5. The molecule has 0 amide bonds. The number of hydrogen-bond acceptors (Lipinski definition) is 3. The lowest BCUT2D eigenvalue weighted by Crippen LogP contribution is -2.09. The van der Waals surface area contributed by atoms with Crippen LogP contribution in [0.3, 0.4) is 0 Å². The molecule has 4 heterocycles. The van der Waals surface area contributed by atoms with Crippen LogP contribution in [0.4, 0.5) is 17.1 Å². The standard InChI is InChI=1S/C48H28N2OS/c1-4-13-42-34(8-1)38-11-7-12-39-40-26-30(18-24-43(40)50(42)48(38)39)29-16-19-31(20-17-29)49(32-22-25-47-41(27-32)37-10-3-6-15-46(37)52-47)33-21-23-36-35-9-2-5-14-44(35)51-45(36)28-33/h1-28H. The molecule has 0 saturated heterocycles. The smallest absolute Gasteiger partial charge is 0.137 e. The number of aromatic nitrogens is 1. The van der Waals surface area contributed by atoms with Crippen molar-refractivity contribution < 1.29 is 4.42 Å². The highest BCUT2D eigenvalue weighted by Gasteiger charge is 2.19. The van der Waals surface area contributed by atoms with Gasteiger partial charge in [0.05, 0.1) is 16.6 Å². The molecule has 12 rings (SSSR count). The molecule has 0 aliphatic rings. The number of rotatable bonds is 4. The zero-order valence-electron chi connectivity index (χ0n) is 27.9. The number of nitrogens with zero attached hydrogens (tertiary/aromatic N) is 2. The van der Waals surface area contributed by atoms with Crippen LogP contribution in [0.2, 0.25) is 0 Å². The zero-order chi connectivity index (χ0) is 33.9. The van der Waals surface area contributed by atoms with E-state index in [1.807, 2.05) is 23.5 Å². The highest BCUT2D eigenvalue weighted by molar-refractivity contribution is 7.25. The van der Waals surface area contributed by atoms with Gasteiger partial charge in [-0.2, -0.15) is 0 Å². The number of anilines is 3. The lowest BCUT2D eigenvalue weighted by molar-refractivity contribution is 0.669. The molecule has 0 aliphatic carbocycles. The van der Waals surface area contributed by atoms with E-state index < -0.39 is 0 Å². The summed E-state index contributed by atoms with van der Waals surface area (Å²) in [5.41, 5.74) is 11.2. The minimum absolute atomic E-state index is 0.883. The Labute approximate surface area is 302 Å². The third-order valence-corrected chi connectivity index (χ3v) is 12.1. The maximum atomic E-state index is 6.38. The Morgan fingerprint density at radius 3 is 1.92 bits per heavy atom. The molecule has 0 bridgehead atoms. The first-order valence-electron chi connectivity index (χ1n) is 17.7. The normalized spacial score (nSPS) is 12.2. The van der Waals surface area contributed by atoms with E-state index in [4.69, 9.17) is 4.42 Å². The Balaban J connectivity index is 1.01. The number of fused-ring (bicyclic) bond motifs is 12. The van der Waals surface area contributed by atoms with Crippen LogP contribution < -0.4 is 4.90 Å². The Hall–Kier alpha value is -6.62. The maximum Gasteiger partial charge on any atom is 0.137 e. The van der Waals surface area contributed by atoms with Crippen molar-refractivity contribution in [3.63, 3.8) is 0 Å². The molecule has 0 saturated carbocycles. The van der Waals surface area contributed by atoms with E-state index in [1.165, 1.54) is 69.4 Å². The number of hydrogen-bond donors (Lipinski definition) is 0. The second-order valence-electron chi connectivity index (χ2n) is 13.7. The van der Waals surface area contributed by atoms with Crippen molar-refractivity contribution in [1.82, 2.24) is 4.40 Å². The molecule has 242 valence electrons. The monoisotopic (exact) mass is 680 g/mol. The van der Waals surface area contributed by atoms with Crippen molar-refractivity contribution in [2.75, 3.05) is 4.90 Å². The summed E-state index contributed by atoms with van der Waals surface area (Å²) in [4.78, 5) is 2.35. The largest absolute Gasteiger partial charge is 0.456 e. The second-order valence-corrected chi connectivity index (χ2v) is 14.8. The summed E-state index contributed by atoms with van der Waals surface area (Å²) in [5, 5.41) is 10.0.